The third-order valence-corrected chi connectivity index (χ3v) is 3.86. The van der Waals surface area contributed by atoms with E-state index in [1.807, 2.05) is 19.1 Å². The first-order valence-corrected chi connectivity index (χ1v) is 7.56. The Bertz CT molecular complexity index is 744. The van der Waals surface area contributed by atoms with Crippen molar-refractivity contribution in [2.45, 2.75) is 13.5 Å². The third kappa shape index (κ3) is 4.71. The Hall–Kier alpha value is -2.04. The van der Waals surface area contributed by atoms with Crippen molar-refractivity contribution in [3.05, 3.63) is 69.2 Å². The van der Waals surface area contributed by atoms with Crippen LogP contribution in [0.4, 0.5) is 0 Å². The van der Waals surface area contributed by atoms with Gasteiger partial charge in [0.05, 0.1) is 28.4 Å². The van der Waals surface area contributed by atoms with Crippen LogP contribution in [-0.4, -0.2) is 18.8 Å². The summed E-state index contributed by atoms with van der Waals surface area (Å²) in [7, 11) is 1.34. The van der Waals surface area contributed by atoms with Crippen molar-refractivity contribution in [2.24, 2.45) is 5.16 Å². The molecule has 2 rings (SSSR count). The number of rotatable bonds is 5. The van der Waals surface area contributed by atoms with E-state index in [2.05, 4.69) is 9.89 Å². The highest BCUT2D eigenvalue weighted by molar-refractivity contribution is 6.42. The van der Waals surface area contributed by atoms with E-state index in [9.17, 15) is 4.79 Å². The monoisotopic (exact) mass is 351 g/mol. The first-order chi connectivity index (χ1) is 11.0. The normalized spacial score (nSPS) is 11.2. The standard InChI is InChI=1S/C17H15Cl2NO3/c1-11(13-6-7-15(18)16(19)9-13)20-23-10-12-4-3-5-14(8-12)17(21)22-2/h3-9H,10H2,1-2H3/b20-11+. The summed E-state index contributed by atoms with van der Waals surface area (Å²) in [5, 5.41) is 5.01. The zero-order valence-corrected chi connectivity index (χ0v) is 14.2. The summed E-state index contributed by atoms with van der Waals surface area (Å²) < 4.78 is 4.68. The van der Waals surface area contributed by atoms with Crippen LogP contribution in [0.3, 0.4) is 0 Å². The predicted molar refractivity (Wildman–Crippen MR) is 91.2 cm³/mol. The molecule has 2 aromatic rings. The van der Waals surface area contributed by atoms with Crippen molar-refractivity contribution in [3.8, 4) is 0 Å². The van der Waals surface area contributed by atoms with E-state index >= 15 is 0 Å². The average molecular weight is 352 g/mol. The van der Waals surface area contributed by atoms with Crippen LogP contribution < -0.4 is 0 Å². The highest BCUT2D eigenvalue weighted by Gasteiger charge is 2.06. The fraction of sp³-hybridized carbons (Fsp3) is 0.176. The Labute approximate surface area is 144 Å². The van der Waals surface area contributed by atoms with E-state index in [1.165, 1.54) is 7.11 Å². The highest BCUT2D eigenvalue weighted by Crippen LogP contribution is 2.23. The number of halogens is 2. The SMILES string of the molecule is COC(=O)c1cccc(CO/N=C(\C)c2ccc(Cl)c(Cl)c2)c1. The predicted octanol–water partition coefficient (Wildman–Crippen LogP) is 4.72. The van der Waals surface area contributed by atoms with Crippen molar-refractivity contribution in [3.63, 3.8) is 0 Å². The van der Waals surface area contributed by atoms with E-state index in [0.29, 0.717) is 21.3 Å². The Morgan fingerprint density at radius 3 is 2.57 bits per heavy atom. The lowest BCUT2D eigenvalue weighted by molar-refractivity contribution is 0.0600. The van der Waals surface area contributed by atoms with Crippen LogP contribution in [-0.2, 0) is 16.2 Å². The van der Waals surface area contributed by atoms with Gasteiger partial charge in [0.15, 0.2) is 0 Å². The van der Waals surface area contributed by atoms with Gasteiger partial charge in [0.2, 0.25) is 0 Å². The molecule has 0 N–H and O–H groups in total. The Morgan fingerprint density at radius 2 is 1.87 bits per heavy atom. The maximum atomic E-state index is 11.5. The van der Waals surface area contributed by atoms with Crippen molar-refractivity contribution in [1.82, 2.24) is 0 Å². The van der Waals surface area contributed by atoms with Crippen molar-refractivity contribution >= 4 is 34.9 Å². The van der Waals surface area contributed by atoms with E-state index < -0.39 is 0 Å². The molecular weight excluding hydrogens is 337 g/mol. The van der Waals surface area contributed by atoms with E-state index in [1.54, 1.807) is 30.3 Å². The molecule has 2 aromatic carbocycles. The summed E-state index contributed by atoms with van der Waals surface area (Å²) in [5.41, 5.74) is 2.78. The first kappa shape index (κ1) is 17.3. The van der Waals surface area contributed by atoms with Gasteiger partial charge in [0.25, 0.3) is 0 Å². The van der Waals surface area contributed by atoms with Gasteiger partial charge in [-0.15, -0.1) is 0 Å². The Balaban J connectivity index is 2.03. The largest absolute Gasteiger partial charge is 0.465 e. The molecule has 0 saturated carbocycles. The zero-order valence-electron chi connectivity index (χ0n) is 12.7. The van der Waals surface area contributed by atoms with Crippen LogP contribution in [0.25, 0.3) is 0 Å². The maximum absolute atomic E-state index is 11.5. The van der Waals surface area contributed by atoms with Gasteiger partial charge in [-0.2, -0.15) is 0 Å². The number of methoxy groups -OCH3 is 1. The smallest absolute Gasteiger partial charge is 0.337 e. The molecule has 0 aromatic heterocycles. The number of carbonyl (C=O) groups is 1. The molecule has 120 valence electrons. The first-order valence-electron chi connectivity index (χ1n) is 6.80. The minimum atomic E-state index is -0.387. The number of ether oxygens (including phenoxy) is 1. The second-order valence-electron chi connectivity index (χ2n) is 4.77. The van der Waals surface area contributed by atoms with Crippen LogP contribution in [0, 0.1) is 0 Å². The van der Waals surface area contributed by atoms with E-state index in [0.717, 1.165) is 11.1 Å². The number of benzene rings is 2. The lowest BCUT2D eigenvalue weighted by Gasteiger charge is -2.05. The minimum absolute atomic E-state index is 0.240. The molecule has 0 aliphatic heterocycles. The molecule has 0 amide bonds. The molecular formula is C17H15Cl2NO3. The summed E-state index contributed by atoms with van der Waals surface area (Å²) >= 11 is 11.9. The second kappa shape index (κ2) is 7.99. The molecule has 0 saturated heterocycles. The van der Waals surface area contributed by atoms with Crippen LogP contribution >= 0.6 is 23.2 Å². The maximum Gasteiger partial charge on any atom is 0.337 e. The van der Waals surface area contributed by atoms with Crippen molar-refractivity contribution in [2.75, 3.05) is 7.11 Å². The average Bonchev–Trinajstić information content (AvgIpc) is 2.56. The molecule has 23 heavy (non-hydrogen) atoms. The molecule has 0 spiro atoms. The topological polar surface area (TPSA) is 47.9 Å². The van der Waals surface area contributed by atoms with Gasteiger partial charge in [-0.05, 0) is 36.8 Å². The van der Waals surface area contributed by atoms with Gasteiger partial charge in [-0.25, -0.2) is 4.79 Å². The number of carbonyl (C=O) groups excluding carboxylic acids is 1. The number of hydrogen-bond acceptors (Lipinski definition) is 4. The molecule has 0 bridgehead atoms. The van der Waals surface area contributed by atoms with Crippen LogP contribution in [0.5, 0.6) is 0 Å². The van der Waals surface area contributed by atoms with E-state index in [4.69, 9.17) is 28.0 Å². The summed E-state index contributed by atoms with van der Waals surface area (Å²) in [5.74, 6) is -0.387. The quantitative estimate of drug-likeness (QED) is 0.444. The Morgan fingerprint density at radius 1 is 1.09 bits per heavy atom. The molecule has 0 heterocycles. The molecule has 0 unspecified atom stereocenters. The van der Waals surface area contributed by atoms with Gasteiger partial charge >= 0.3 is 5.97 Å². The number of esters is 1. The van der Waals surface area contributed by atoms with Gasteiger partial charge in [0, 0.05) is 5.56 Å². The third-order valence-electron chi connectivity index (χ3n) is 3.12. The molecule has 0 aliphatic rings. The van der Waals surface area contributed by atoms with Crippen molar-refractivity contribution in [1.29, 1.82) is 0 Å². The van der Waals surface area contributed by atoms with Crippen LogP contribution in [0.15, 0.2) is 47.6 Å². The van der Waals surface area contributed by atoms with Crippen LogP contribution in [0.1, 0.15) is 28.4 Å². The Kier molecular flexibility index (Phi) is 6.02. The molecule has 0 radical (unpaired) electrons. The number of oxime groups is 1. The summed E-state index contributed by atoms with van der Waals surface area (Å²) in [6.07, 6.45) is 0. The van der Waals surface area contributed by atoms with E-state index in [-0.39, 0.29) is 12.6 Å². The number of nitrogens with zero attached hydrogens (tertiary/aromatic N) is 1. The molecule has 4 nitrogen and oxygen atoms in total. The van der Waals surface area contributed by atoms with Gasteiger partial charge in [0.1, 0.15) is 6.61 Å². The van der Waals surface area contributed by atoms with Gasteiger partial charge in [-0.1, -0.05) is 46.6 Å². The lowest BCUT2D eigenvalue weighted by atomic mass is 10.1. The molecule has 0 fully saturated rings. The summed E-state index contributed by atoms with van der Waals surface area (Å²) in [6, 6.07) is 12.2. The van der Waals surface area contributed by atoms with Gasteiger partial charge in [-0.3, -0.25) is 0 Å². The molecule has 0 atom stereocenters. The van der Waals surface area contributed by atoms with Gasteiger partial charge < -0.3 is 9.57 Å². The van der Waals surface area contributed by atoms with Crippen LogP contribution in [0.2, 0.25) is 10.0 Å². The fourth-order valence-electron chi connectivity index (χ4n) is 1.88. The zero-order chi connectivity index (χ0) is 16.8. The lowest BCUT2D eigenvalue weighted by Crippen LogP contribution is -2.02. The highest BCUT2D eigenvalue weighted by atomic mass is 35.5. The molecule has 0 aliphatic carbocycles. The summed E-state index contributed by atoms with van der Waals surface area (Å²) in [6.45, 7) is 2.05. The molecule has 6 heteroatoms. The number of hydrogen-bond donors (Lipinski definition) is 0. The minimum Gasteiger partial charge on any atom is -0.465 e. The fourth-order valence-corrected chi connectivity index (χ4v) is 2.18. The second-order valence-corrected chi connectivity index (χ2v) is 5.59. The van der Waals surface area contributed by atoms with Crippen molar-refractivity contribution < 1.29 is 14.4 Å². The summed E-state index contributed by atoms with van der Waals surface area (Å²) in [4.78, 5) is 16.8.